The van der Waals surface area contributed by atoms with E-state index < -0.39 is 12.0 Å². The number of rotatable bonds is 5. The van der Waals surface area contributed by atoms with Crippen LogP contribution in [-0.2, 0) is 9.59 Å². The van der Waals surface area contributed by atoms with Crippen LogP contribution in [0.4, 0.5) is 0 Å². The Morgan fingerprint density at radius 3 is 2.88 bits per heavy atom. The number of carboxylic acid groups (broad SMARTS) is 1. The van der Waals surface area contributed by atoms with Gasteiger partial charge in [0.05, 0.1) is 0 Å². The molecule has 0 aromatic carbocycles. The third-order valence-electron chi connectivity index (χ3n) is 3.14. The van der Waals surface area contributed by atoms with Crippen molar-refractivity contribution in [1.29, 1.82) is 0 Å². The van der Waals surface area contributed by atoms with Crippen LogP contribution in [0.5, 0.6) is 0 Å². The number of nitrogens with one attached hydrogen (secondary N) is 2. The largest absolute Gasteiger partial charge is 0.480 e. The Kier molecular flexibility index (Phi) is 5.15. The van der Waals surface area contributed by atoms with Crippen LogP contribution in [-0.4, -0.2) is 36.1 Å². The van der Waals surface area contributed by atoms with Gasteiger partial charge in [0.25, 0.3) is 0 Å². The van der Waals surface area contributed by atoms with Crippen molar-refractivity contribution in [3.8, 4) is 0 Å². The van der Waals surface area contributed by atoms with Gasteiger partial charge < -0.3 is 15.7 Å². The summed E-state index contributed by atoms with van der Waals surface area (Å²) in [5.74, 6) is -1.03. The number of carboxylic acids is 1. The molecule has 0 aromatic heterocycles. The fraction of sp³-hybridized carbons (Fsp3) is 0.667. The number of aliphatic carboxylic acids is 1. The van der Waals surface area contributed by atoms with Crippen LogP contribution in [0.3, 0.4) is 0 Å². The molecule has 1 aliphatic heterocycles. The lowest BCUT2D eigenvalue weighted by atomic mass is 9.87. The molecular weight excluding hydrogens is 220 g/mol. The molecule has 1 amide bonds. The highest BCUT2D eigenvalue weighted by molar-refractivity contribution is 5.85. The minimum absolute atomic E-state index is 0.0945. The lowest BCUT2D eigenvalue weighted by molar-refractivity contribution is -0.142. The second-order valence-corrected chi connectivity index (χ2v) is 4.50. The van der Waals surface area contributed by atoms with Gasteiger partial charge in [0.1, 0.15) is 6.04 Å². The average molecular weight is 240 g/mol. The van der Waals surface area contributed by atoms with Gasteiger partial charge in [-0.15, -0.1) is 6.58 Å². The maximum absolute atomic E-state index is 12.0. The Hall–Kier alpha value is -1.36. The zero-order valence-corrected chi connectivity index (χ0v) is 10.1. The zero-order valence-electron chi connectivity index (χ0n) is 10.1. The summed E-state index contributed by atoms with van der Waals surface area (Å²) in [6, 6.07) is -0.859. The molecule has 1 aliphatic rings. The van der Waals surface area contributed by atoms with Crippen molar-refractivity contribution < 1.29 is 14.7 Å². The van der Waals surface area contributed by atoms with Crippen LogP contribution in [0.2, 0.25) is 0 Å². The fourth-order valence-corrected chi connectivity index (χ4v) is 2.07. The van der Waals surface area contributed by atoms with Gasteiger partial charge in [0.15, 0.2) is 0 Å². The molecule has 1 rings (SSSR count). The molecule has 3 unspecified atom stereocenters. The van der Waals surface area contributed by atoms with E-state index in [0.717, 1.165) is 19.5 Å². The van der Waals surface area contributed by atoms with E-state index in [1.807, 2.05) is 6.92 Å². The van der Waals surface area contributed by atoms with Crippen molar-refractivity contribution in [2.45, 2.75) is 25.8 Å². The summed E-state index contributed by atoms with van der Waals surface area (Å²) in [5.41, 5.74) is 0. The number of piperidine rings is 1. The Morgan fingerprint density at radius 2 is 2.35 bits per heavy atom. The van der Waals surface area contributed by atoms with Gasteiger partial charge in [-0.2, -0.15) is 0 Å². The van der Waals surface area contributed by atoms with Gasteiger partial charge in [-0.3, -0.25) is 4.79 Å². The second-order valence-electron chi connectivity index (χ2n) is 4.50. The summed E-state index contributed by atoms with van der Waals surface area (Å²) >= 11 is 0. The van der Waals surface area contributed by atoms with Crippen molar-refractivity contribution in [3.05, 3.63) is 12.7 Å². The number of amides is 1. The third kappa shape index (κ3) is 3.85. The normalized spacial score (nSPS) is 25.9. The molecule has 1 fully saturated rings. The Morgan fingerprint density at radius 1 is 1.65 bits per heavy atom. The lowest BCUT2D eigenvalue weighted by Crippen LogP contribution is -2.48. The maximum Gasteiger partial charge on any atom is 0.326 e. The van der Waals surface area contributed by atoms with Gasteiger partial charge in [-0.25, -0.2) is 4.79 Å². The predicted octanol–water partition coefficient (Wildman–Crippen LogP) is 0.378. The standard InChI is InChI=1S/C12H20N2O3/c1-3-4-10(12(16)17)14-11(15)9-5-6-13-7-8(9)2/h3,8-10,13H,1,4-7H2,2H3,(H,14,15)(H,16,17). The Labute approximate surface area is 101 Å². The number of hydrogen-bond acceptors (Lipinski definition) is 3. The van der Waals surface area contributed by atoms with Gasteiger partial charge in [0, 0.05) is 5.92 Å². The molecule has 5 heteroatoms. The van der Waals surface area contributed by atoms with Crippen molar-refractivity contribution in [1.82, 2.24) is 10.6 Å². The summed E-state index contributed by atoms with van der Waals surface area (Å²) < 4.78 is 0. The van der Waals surface area contributed by atoms with E-state index >= 15 is 0 Å². The van der Waals surface area contributed by atoms with E-state index in [4.69, 9.17) is 5.11 Å². The Bertz CT molecular complexity index is 304. The van der Waals surface area contributed by atoms with E-state index in [-0.39, 0.29) is 24.2 Å². The van der Waals surface area contributed by atoms with Gasteiger partial charge in [-0.1, -0.05) is 13.0 Å². The molecule has 0 aromatic rings. The first-order chi connectivity index (χ1) is 8.06. The molecule has 1 saturated heterocycles. The molecule has 0 bridgehead atoms. The highest BCUT2D eigenvalue weighted by atomic mass is 16.4. The topological polar surface area (TPSA) is 78.4 Å². The molecule has 0 saturated carbocycles. The summed E-state index contributed by atoms with van der Waals surface area (Å²) in [5, 5.41) is 14.7. The fourth-order valence-electron chi connectivity index (χ4n) is 2.07. The number of hydrogen-bond donors (Lipinski definition) is 3. The molecule has 1 heterocycles. The maximum atomic E-state index is 12.0. The molecule has 96 valence electrons. The van der Waals surface area contributed by atoms with Crippen LogP contribution in [0.1, 0.15) is 19.8 Å². The molecular formula is C12H20N2O3. The van der Waals surface area contributed by atoms with Crippen molar-refractivity contribution in [3.63, 3.8) is 0 Å². The summed E-state index contributed by atoms with van der Waals surface area (Å²) in [6.07, 6.45) is 2.51. The van der Waals surface area contributed by atoms with Crippen LogP contribution in [0, 0.1) is 11.8 Å². The van der Waals surface area contributed by atoms with E-state index in [1.165, 1.54) is 6.08 Å². The highest BCUT2D eigenvalue weighted by Crippen LogP contribution is 2.18. The van der Waals surface area contributed by atoms with E-state index in [0.29, 0.717) is 0 Å². The summed E-state index contributed by atoms with van der Waals surface area (Å²) in [7, 11) is 0. The monoisotopic (exact) mass is 240 g/mol. The van der Waals surface area contributed by atoms with Crippen LogP contribution >= 0.6 is 0 Å². The number of carbonyl (C=O) groups is 2. The van der Waals surface area contributed by atoms with E-state index in [1.54, 1.807) is 0 Å². The quantitative estimate of drug-likeness (QED) is 0.607. The summed E-state index contributed by atoms with van der Waals surface area (Å²) in [6.45, 7) is 7.10. The minimum atomic E-state index is -1.01. The first kappa shape index (κ1) is 13.7. The van der Waals surface area contributed by atoms with E-state index in [9.17, 15) is 9.59 Å². The van der Waals surface area contributed by atoms with Gasteiger partial charge in [-0.05, 0) is 31.8 Å². The van der Waals surface area contributed by atoms with Crippen LogP contribution in [0.15, 0.2) is 12.7 Å². The van der Waals surface area contributed by atoms with Crippen molar-refractivity contribution in [2.24, 2.45) is 11.8 Å². The predicted molar refractivity (Wildman–Crippen MR) is 64.5 cm³/mol. The zero-order chi connectivity index (χ0) is 12.8. The molecule has 0 radical (unpaired) electrons. The molecule has 17 heavy (non-hydrogen) atoms. The molecule has 5 nitrogen and oxygen atoms in total. The summed E-state index contributed by atoms with van der Waals surface area (Å²) in [4.78, 5) is 22.9. The second kappa shape index (κ2) is 6.39. The third-order valence-corrected chi connectivity index (χ3v) is 3.14. The molecule has 0 spiro atoms. The van der Waals surface area contributed by atoms with Crippen molar-refractivity contribution in [2.75, 3.05) is 13.1 Å². The number of carbonyl (C=O) groups excluding carboxylic acids is 1. The molecule has 0 aliphatic carbocycles. The van der Waals surface area contributed by atoms with Crippen LogP contribution in [0.25, 0.3) is 0 Å². The minimum Gasteiger partial charge on any atom is -0.480 e. The van der Waals surface area contributed by atoms with Gasteiger partial charge in [0.2, 0.25) is 5.91 Å². The van der Waals surface area contributed by atoms with Crippen LogP contribution < -0.4 is 10.6 Å². The first-order valence-electron chi connectivity index (χ1n) is 5.91. The highest BCUT2D eigenvalue weighted by Gasteiger charge is 2.30. The molecule has 3 N–H and O–H groups in total. The smallest absolute Gasteiger partial charge is 0.326 e. The van der Waals surface area contributed by atoms with Gasteiger partial charge >= 0.3 is 5.97 Å². The first-order valence-corrected chi connectivity index (χ1v) is 5.91. The SMILES string of the molecule is C=CCC(NC(=O)C1CCNCC1C)C(=O)O. The van der Waals surface area contributed by atoms with Crippen molar-refractivity contribution >= 4 is 11.9 Å². The Balaban J connectivity index is 2.56. The lowest BCUT2D eigenvalue weighted by Gasteiger charge is -2.29. The van der Waals surface area contributed by atoms with E-state index in [2.05, 4.69) is 17.2 Å². The average Bonchev–Trinajstić information content (AvgIpc) is 2.28. The molecule has 3 atom stereocenters.